The standard InChI is InChI=1S/C14H16N4/c1-10-9-18(14(15)17-10)16-8-11-3-2-4-13(7-11)12-5-6-12/h2-4,7-9,12H,5-6H2,1H3,(H2,15,17). The Balaban J connectivity index is 1.83. The molecule has 4 heteroatoms. The van der Waals surface area contributed by atoms with Crippen molar-refractivity contribution >= 4 is 12.2 Å². The minimum atomic E-state index is 0.419. The summed E-state index contributed by atoms with van der Waals surface area (Å²) in [4.78, 5) is 4.11. The van der Waals surface area contributed by atoms with Crippen molar-refractivity contribution in [1.29, 1.82) is 0 Å². The highest BCUT2D eigenvalue weighted by Gasteiger charge is 2.23. The van der Waals surface area contributed by atoms with Gasteiger partial charge >= 0.3 is 0 Å². The summed E-state index contributed by atoms with van der Waals surface area (Å²) in [6.45, 7) is 1.90. The quantitative estimate of drug-likeness (QED) is 0.838. The van der Waals surface area contributed by atoms with Crippen LogP contribution < -0.4 is 5.73 Å². The molecule has 0 unspecified atom stereocenters. The number of rotatable bonds is 3. The van der Waals surface area contributed by atoms with E-state index in [4.69, 9.17) is 5.73 Å². The Kier molecular flexibility index (Phi) is 2.63. The Morgan fingerprint density at radius 1 is 1.44 bits per heavy atom. The number of hydrogen-bond acceptors (Lipinski definition) is 3. The first-order valence-electron chi connectivity index (χ1n) is 6.18. The third-order valence-electron chi connectivity index (χ3n) is 3.13. The van der Waals surface area contributed by atoms with E-state index in [1.165, 1.54) is 18.4 Å². The van der Waals surface area contributed by atoms with Gasteiger partial charge in [0.1, 0.15) is 0 Å². The second kappa shape index (κ2) is 4.29. The van der Waals surface area contributed by atoms with Gasteiger partial charge in [-0.2, -0.15) is 5.10 Å². The van der Waals surface area contributed by atoms with Gasteiger partial charge in [0, 0.05) is 0 Å². The number of benzene rings is 1. The summed E-state index contributed by atoms with van der Waals surface area (Å²) in [6, 6.07) is 8.51. The average molecular weight is 240 g/mol. The molecule has 0 radical (unpaired) electrons. The van der Waals surface area contributed by atoms with E-state index in [0.29, 0.717) is 5.95 Å². The number of aromatic nitrogens is 2. The van der Waals surface area contributed by atoms with E-state index >= 15 is 0 Å². The van der Waals surface area contributed by atoms with Gasteiger partial charge in [0.05, 0.1) is 18.1 Å². The van der Waals surface area contributed by atoms with Crippen molar-refractivity contribution in [3.8, 4) is 0 Å². The third kappa shape index (κ3) is 2.27. The van der Waals surface area contributed by atoms with Crippen LogP contribution in [0.5, 0.6) is 0 Å². The van der Waals surface area contributed by atoms with Crippen LogP contribution in [0.15, 0.2) is 35.6 Å². The second-order valence-corrected chi connectivity index (χ2v) is 4.77. The molecule has 92 valence electrons. The Morgan fingerprint density at radius 2 is 2.28 bits per heavy atom. The molecule has 1 fully saturated rings. The SMILES string of the molecule is Cc1cn(N=Cc2cccc(C3CC3)c2)c(N)n1. The maximum Gasteiger partial charge on any atom is 0.221 e. The Hall–Kier alpha value is -2.10. The first kappa shape index (κ1) is 11.0. The Labute approximate surface area is 106 Å². The number of nitrogens with two attached hydrogens (primary N) is 1. The fourth-order valence-electron chi connectivity index (χ4n) is 2.04. The minimum absolute atomic E-state index is 0.419. The van der Waals surface area contributed by atoms with Gasteiger partial charge in [-0.05, 0) is 42.9 Å². The van der Waals surface area contributed by atoms with Gasteiger partial charge in [0.15, 0.2) is 0 Å². The Morgan fingerprint density at radius 3 is 2.94 bits per heavy atom. The first-order chi connectivity index (χ1) is 8.72. The number of nitrogens with zero attached hydrogens (tertiary/aromatic N) is 3. The van der Waals surface area contributed by atoms with Crippen molar-refractivity contribution in [2.75, 3.05) is 5.73 Å². The number of aryl methyl sites for hydroxylation is 1. The predicted octanol–water partition coefficient (Wildman–Crippen LogP) is 2.53. The molecule has 1 aromatic carbocycles. The van der Waals surface area contributed by atoms with Gasteiger partial charge < -0.3 is 5.73 Å². The molecule has 1 aliphatic carbocycles. The average Bonchev–Trinajstić information content (AvgIpc) is 3.14. The summed E-state index contributed by atoms with van der Waals surface area (Å²) in [5.41, 5.74) is 9.12. The lowest BCUT2D eigenvalue weighted by Gasteiger charge is -1.99. The van der Waals surface area contributed by atoms with Crippen LogP contribution in [0.3, 0.4) is 0 Å². The van der Waals surface area contributed by atoms with Crippen LogP contribution >= 0.6 is 0 Å². The molecule has 4 nitrogen and oxygen atoms in total. The lowest BCUT2D eigenvalue weighted by molar-refractivity contribution is 0.897. The summed E-state index contributed by atoms with van der Waals surface area (Å²) in [5, 5.41) is 4.32. The van der Waals surface area contributed by atoms with Crippen molar-refractivity contribution in [1.82, 2.24) is 9.66 Å². The van der Waals surface area contributed by atoms with E-state index in [-0.39, 0.29) is 0 Å². The molecule has 1 saturated carbocycles. The molecule has 0 amide bonds. The predicted molar refractivity (Wildman–Crippen MR) is 72.8 cm³/mol. The van der Waals surface area contributed by atoms with E-state index in [9.17, 15) is 0 Å². The zero-order valence-electron chi connectivity index (χ0n) is 10.4. The number of imidazole rings is 1. The highest BCUT2D eigenvalue weighted by molar-refractivity contribution is 5.79. The van der Waals surface area contributed by atoms with Crippen molar-refractivity contribution in [2.24, 2.45) is 5.10 Å². The highest BCUT2D eigenvalue weighted by atomic mass is 15.4. The molecule has 0 saturated heterocycles. The van der Waals surface area contributed by atoms with Crippen molar-refractivity contribution < 1.29 is 0 Å². The molecular formula is C14H16N4. The molecule has 0 atom stereocenters. The van der Waals surface area contributed by atoms with Crippen LogP contribution in [0, 0.1) is 6.92 Å². The number of hydrogen-bond donors (Lipinski definition) is 1. The second-order valence-electron chi connectivity index (χ2n) is 4.77. The van der Waals surface area contributed by atoms with Gasteiger partial charge in [-0.25, -0.2) is 9.66 Å². The fraction of sp³-hybridized carbons (Fsp3) is 0.286. The van der Waals surface area contributed by atoms with Crippen LogP contribution in [0.1, 0.15) is 35.6 Å². The molecule has 2 aromatic rings. The van der Waals surface area contributed by atoms with Crippen LogP contribution in [0.25, 0.3) is 0 Å². The smallest absolute Gasteiger partial charge is 0.221 e. The molecule has 3 rings (SSSR count). The molecule has 0 spiro atoms. The molecule has 1 aromatic heterocycles. The van der Waals surface area contributed by atoms with E-state index in [0.717, 1.165) is 17.2 Å². The van der Waals surface area contributed by atoms with Crippen molar-refractivity contribution in [3.05, 3.63) is 47.3 Å². The summed E-state index contributed by atoms with van der Waals surface area (Å²) < 4.78 is 1.60. The van der Waals surface area contributed by atoms with Gasteiger partial charge in [0.25, 0.3) is 0 Å². The van der Waals surface area contributed by atoms with E-state index in [2.05, 4.69) is 34.4 Å². The fourth-order valence-corrected chi connectivity index (χ4v) is 2.04. The maximum atomic E-state index is 5.73. The van der Waals surface area contributed by atoms with Crippen LogP contribution in [-0.4, -0.2) is 15.9 Å². The van der Waals surface area contributed by atoms with Gasteiger partial charge in [-0.1, -0.05) is 18.2 Å². The lowest BCUT2D eigenvalue weighted by atomic mass is 10.1. The number of anilines is 1. The molecule has 2 N–H and O–H groups in total. The van der Waals surface area contributed by atoms with Crippen LogP contribution in [0.2, 0.25) is 0 Å². The van der Waals surface area contributed by atoms with E-state index in [1.807, 2.05) is 19.3 Å². The number of nitrogen functional groups attached to an aromatic ring is 1. The molecule has 1 aliphatic rings. The summed E-state index contributed by atoms with van der Waals surface area (Å²) in [7, 11) is 0. The van der Waals surface area contributed by atoms with Crippen molar-refractivity contribution in [3.63, 3.8) is 0 Å². The summed E-state index contributed by atoms with van der Waals surface area (Å²) in [5.74, 6) is 1.18. The van der Waals surface area contributed by atoms with Gasteiger partial charge in [0.2, 0.25) is 5.95 Å². The third-order valence-corrected chi connectivity index (χ3v) is 3.13. The van der Waals surface area contributed by atoms with E-state index < -0.39 is 0 Å². The highest BCUT2D eigenvalue weighted by Crippen LogP contribution is 2.39. The normalized spacial score (nSPS) is 15.4. The zero-order chi connectivity index (χ0) is 12.5. The Bertz CT molecular complexity index is 594. The topological polar surface area (TPSA) is 56.2 Å². The first-order valence-corrected chi connectivity index (χ1v) is 6.18. The minimum Gasteiger partial charge on any atom is -0.368 e. The summed E-state index contributed by atoms with van der Waals surface area (Å²) >= 11 is 0. The largest absolute Gasteiger partial charge is 0.368 e. The molecule has 0 aliphatic heterocycles. The molecule has 18 heavy (non-hydrogen) atoms. The lowest BCUT2D eigenvalue weighted by Crippen LogP contribution is -1.97. The van der Waals surface area contributed by atoms with Crippen LogP contribution in [0.4, 0.5) is 5.95 Å². The van der Waals surface area contributed by atoms with Gasteiger partial charge in [-0.3, -0.25) is 0 Å². The van der Waals surface area contributed by atoms with Gasteiger partial charge in [-0.15, -0.1) is 0 Å². The van der Waals surface area contributed by atoms with Crippen molar-refractivity contribution in [2.45, 2.75) is 25.7 Å². The summed E-state index contributed by atoms with van der Waals surface area (Å²) in [6.07, 6.45) is 6.27. The molecule has 1 heterocycles. The maximum absolute atomic E-state index is 5.73. The zero-order valence-corrected chi connectivity index (χ0v) is 10.4. The monoisotopic (exact) mass is 240 g/mol. The molecular weight excluding hydrogens is 224 g/mol. The van der Waals surface area contributed by atoms with E-state index in [1.54, 1.807) is 4.68 Å². The van der Waals surface area contributed by atoms with Crippen LogP contribution in [-0.2, 0) is 0 Å². The molecule has 0 bridgehead atoms.